The molecule has 2 aromatic rings. The van der Waals surface area contributed by atoms with Crippen LogP contribution in [0.3, 0.4) is 0 Å². The van der Waals surface area contributed by atoms with Crippen molar-refractivity contribution < 1.29 is 13.2 Å². The van der Waals surface area contributed by atoms with Crippen LogP contribution in [0.25, 0.3) is 5.70 Å². The van der Waals surface area contributed by atoms with Crippen molar-refractivity contribution in [3.8, 4) is 0 Å². The fraction of sp³-hybridized carbons (Fsp3) is 0.200. The van der Waals surface area contributed by atoms with Gasteiger partial charge in [-0.05, 0) is 12.1 Å². The summed E-state index contributed by atoms with van der Waals surface area (Å²) in [5.74, 6) is 0.623. The van der Waals surface area contributed by atoms with E-state index in [0.29, 0.717) is 17.9 Å². The molecule has 1 aliphatic rings. The maximum Gasteiger partial charge on any atom is 0.417 e. The SMILES string of the molecule is C=C1c2c(cccc2C(F)(F)F)N=C(CC)N1c1cn[nH]c1. The molecule has 0 aliphatic carbocycles. The number of H-pyrrole nitrogens is 1. The molecule has 114 valence electrons. The molecular weight excluding hydrogens is 293 g/mol. The van der Waals surface area contributed by atoms with E-state index in [1.54, 1.807) is 17.2 Å². The molecule has 0 amide bonds. The first-order chi connectivity index (χ1) is 10.4. The first-order valence-electron chi connectivity index (χ1n) is 6.69. The van der Waals surface area contributed by atoms with Crippen LogP contribution in [0.1, 0.15) is 24.5 Å². The second kappa shape index (κ2) is 5.01. The molecule has 0 spiro atoms. The standard InChI is InChI=1S/C15H13F3N4/c1-3-13-21-12-6-4-5-11(15(16,17)18)14(12)9(2)22(13)10-7-19-20-8-10/h4-8H,2-3H2,1H3,(H,19,20). The Labute approximate surface area is 125 Å². The van der Waals surface area contributed by atoms with Gasteiger partial charge in [0.2, 0.25) is 0 Å². The van der Waals surface area contributed by atoms with Gasteiger partial charge in [-0.15, -0.1) is 0 Å². The number of nitrogens with one attached hydrogen (secondary N) is 1. The van der Waals surface area contributed by atoms with E-state index < -0.39 is 11.7 Å². The smallest absolute Gasteiger partial charge is 0.295 e. The second-order valence-electron chi connectivity index (χ2n) is 4.82. The molecule has 4 nitrogen and oxygen atoms in total. The van der Waals surface area contributed by atoms with Crippen molar-refractivity contribution in [2.24, 2.45) is 4.99 Å². The monoisotopic (exact) mass is 306 g/mol. The highest BCUT2D eigenvalue weighted by Crippen LogP contribution is 2.43. The van der Waals surface area contributed by atoms with Gasteiger partial charge in [-0.3, -0.25) is 10.00 Å². The predicted octanol–water partition coefficient (Wildman–Crippen LogP) is 4.36. The Morgan fingerprint density at radius 3 is 2.68 bits per heavy atom. The first-order valence-corrected chi connectivity index (χ1v) is 6.69. The van der Waals surface area contributed by atoms with E-state index in [4.69, 9.17) is 0 Å². The average molecular weight is 306 g/mol. The van der Waals surface area contributed by atoms with E-state index in [1.165, 1.54) is 12.3 Å². The lowest BCUT2D eigenvalue weighted by molar-refractivity contribution is -0.137. The van der Waals surface area contributed by atoms with Gasteiger partial charge in [-0.25, -0.2) is 4.99 Å². The normalized spacial score (nSPS) is 14.8. The number of halogens is 3. The van der Waals surface area contributed by atoms with Crippen LogP contribution < -0.4 is 4.90 Å². The summed E-state index contributed by atoms with van der Waals surface area (Å²) in [6.45, 7) is 5.76. The van der Waals surface area contributed by atoms with Crippen molar-refractivity contribution in [1.82, 2.24) is 10.2 Å². The van der Waals surface area contributed by atoms with E-state index >= 15 is 0 Å². The molecule has 0 unspecified atom stereocenters. The molecule has 3 rings (SSSR count). The number of hydrogen-bond donors (Lipinski definition) is 1. The molecule has 0 fully saturated rings. The Kier molecular flexibility index (Phi) is 3.27. The van der Waals surface area contributed by atoms with Crippen molar-refractivity contribution >= 4 is 22.9 Å². The molecule has 1 aromatic heterocycles. The van der Waals surface area contributed by atoms with E-state index in [9.17, 15) is 13.2 Å². The molecule has 0 saturated heterocycles. The molecule has 0 saturated carbocycles. The molecule has 7 heteroatoms. The second-order valence-corrected chi connectivity index (χ2v) is 4.82. The topological polar surface area (TPSA) is 44.3 Å². The van der Waals surface area contributed by atoms with Crippen LogP contribution >= 0.6 is 0 Å². The predicted molar refractivity (Wildman–Crippen MR) is 78.9 cm³/mol. The summed E-state index contributed by atoms with van der Waals surface area (Å²) in [5, 5.41) is 6.49. The van der Waals surface area contributed by atoms with Gasteiger partial charge in [0.15, 0.2) is 0 Å². The molecule has 22 heavy (non-hydrogen) atoms. The maximum absolute atomic E-state index is 13.3. The first kappa shape index (κ1) is 14.4. The molecule has 0 bridgehead atoms. The number of hydrogen-bond acceptors (Lipinski definition) is 3. The van der Waals surface area contributed by atoms with Crippen molar-refractivity contribution in [3.63, 3.8) is 0 Å². The van der Waals surface area contributed by atoms with Crippen LogP contribution in [0, 0.1) is 0 Å². The minimum atomic E-state index is -4.46. The lowest BCUT2D eigenvalue weighted by Crippen LogP contribution is -2.31. The minimum Gasteiger partial charge on any atom is -0.295 e. The summed E-state index contributed by atoms with van der Waals surface area (Å²) in [5.41, 5.74) is 0.414. The Morgan fingerprint density at radius 1 is 1.32 bits per heavy atom. The lowest BCUT2D eigenvalue weighted by Gasteiger charge is -2.32. The van der Waals surface area contributed by atoms with Gasteiger partial charge < -0.3 is 0 Å². The van der Waals surface area contributed by atoms with Gasteiger partial charge in [-0.2, -0.15) is 18.3 Å². The Bertz CT molecular complexity index is 745. The molecule has 1 aliphatic heterocycles. The van der Waals surface area contributed by atoms with Crippen LogP contribution in [-0.4, -0.2) is 16.0 Å². The summed E-state index contributed by atoms with van der Waals surface area (Å²) in [6.07, 6.45) is -0.787. The number of aliphatic imine (C=N–C) groups is 1. The van der Waals surface area contributed by atoms with Crippen molar-refractivity contribution in [2.75, 3.05) is 4.90 Å². The minimum absolute atomic E-state index is 0.00778. The number of benzene rings is 1. The largest absolute Gasteiger partial charge is 0.417 e. The maximum atomic E-state index is 13.3. The number of aromatic nitrogens is 2. The zero-order valence-electron chi connectivity index (χ0n) is 11.8. The fourth-order valence-corrected chi connectivity index (χ4v) is 2.54. The van der Waals surface area contributed by atoms with Crippen LogP contribution in [-0.2, 0) is 6.18 Å². The van der Waals surface area contributed by atoms with E-state index in [0.717, 1.165) is 6.07 Å². The van der Waals surface area contributed by atoms with Gasteiger partial charge in [0, 0.05) is 18.2 Å². The third kappa shape index (κ3) is 2.18. The Hall–Kier alpha value is -2.57. The lowest BCUT2D eigenvalue weighted by atomic mass is 9.99. The summed E-state index contributed by atoms with van der Waals surface area (Å²) >= 11 is 0. The summed E-state index contributed by atoms with van der Waals surface area (Å²) in [4.78, 5) is 5.96. The van der Waals surface area contributed by atoms with Gasteiger partial charge in [0.1, 0.15) is 5.84 Å². The van der Waals surface area contributed by atoms with E-state index in [2.05, 4.69) is 21.8 Å². The fourth-order valence-electron chi connectivity index (χ4n) is 2.54. The number of nitrogens with zero attached hydrogens (tertiary/aromatic N) is 3. The van der Waals surface area contributed by atoms with Crippen molar-refractivity contribution in [1.29, 1.82) is 0 Å². The highest BCUT2D eigenvalue weighted by Gasteiger charge is 2.38. The molecule has 1 N–H and O–H groups in total. The number of anilines is 1. The van der Waals surface area contributed by atoms with E-state index in [1.807, 2.05) is 6.92 Å². The van der Waals surface area contributed by atoms with Crippen LogP contribution in [0.15, 0.2) is 42.2 Å². The number of amidine groups is 1. The average Bonchev–Trinajstić information content (AvgIpc) is 2.99. The number of aromatic amines is 1. The third-order valence-electron chi connectivity index (χ3n) is 3.47. The van der Waals surface area contributed by atoms with Crippen LogP contribution in [0.2, 0.25) is 0 Å². The van der Waals surface area contributed by atoms with Crippen LogP contribution in [0.4, 0.5) is 24.5 Å². The zero-order valence-corrected chi connectivity index (χ0v) is 11.8. The zero-order chi connectivity index (χ0) is 15.9. The molecule has 0 atom stereocenters. The van der Waals surface area contributed by atoms with Gasteiger partial charge in [0.25, 0.3) is 0 Å². The highest BCUT2D eigenvalue weighted by atomic mass is 19.4. The number of rotatable bonds is 2. The number of fused-ring (bicyclic) bond motifs is 1. The molecular formula is C15H13F3N4. The quantitative estimate of drug-likeness (QED) is 0.896. The summed E-state index contributed by atoms with van der Waals surface area (Å²) in [6, 6.07) is 3.97. The van der Waals surface area contributed by atoms with Crippen molar-refractivity contribution in [3.05, 3.63) is 48.3 Å². The van der Waals surface area contributed by atoms with Gasteiger partial charge in [0.05, 0.1) is 28.8 Å². The summed E-state index contributed by atoms with van der Waals surface area (Å²) in [7, 11) is 0. The molecule has 1 aromatic carbocycles. The highest BCUT2D eigenvalue weighted by molar-refractivity contribution is 6.13. The number of alkyl halides is 3. The Morgan fingerprint density at radius 2 is 2.09 bits per heavy atom. The van der Waals surface area contributed by atoms with Gasteiger partial charge in [-0.1, -0.05) is 19.6 Å². The molecule has 2 heterocycles. The van der Waals surface area contributed by atoms with E-state index in [-0.39, 0.29) is 16.9 Å². The van der Waals surface area contributed by atoms with Crippen molar-refractivity contribution in [2.45, 2.75) is 19.5 Å². The van der Waals surface area contributed by atoms with Crippen LogP contribution in [0.5, 0.6) is 0 Å². The third-order valence-corrected chi connectivity index (χ3v) is 3.47. The molecule has 0 radical (unpaired) electrons. The summed E-state index contributed by atoms with van der Waals surface area (Å²) < 4.78 is 39.8. The Balaban J connectivity index is 2.23. The van der Waals surface area contributed by atoms with Gasteiger partial charge >= 0.3 is 6.18 Å².